The summed E-state index contributed by atoms with van der Waals surface area (Å²) in [6, 6.07) is -0.756. The van der Waals surface area contributed by atoms with E-state index in [9.17, 15) is 29.4 Å². The molecule has 3 fully saturated rings. The Hall–Kier alpha value is -2.52. The number of hydrogen-bond donors (Lipinski definition) is 3. The lowest BCUT2D eigenvalue weighted by Crippen LogP contribution is -2.67. The number of aliphatic hydroxyl groups is 2. The van der Waals surface area contributed by atoms with E-state index in [1.807, 2.05) is 18.7 Å². The summed E-state index contributed by atoms with van der Waals surface area (Å²) in [6.07, 6.45) is -9.85. The van der Waals surface area contributed by atoms with Crippen LogP contribution in [0.2, 0.25) is 0 Å². The van der Waals surface area contributed by atoms with Gasteiger partial charge in [-0.1, -0.05) is 20.8 Å². The maximum Gasteiger partial charge on any atom is 0.309 e. The number of rotatable bonds is 14. The molecular weight excluding hydrogens is 800 g/mol. The number of ether oxygens (including phenoxy) is 10. The third kappa shape index (κ3) is 14.5. The van der Waals surface area contributed by atoms with E-state index in [0.29, 0.717) is 19.4 Å². The van der Waals surface area contributed by atoms with E-state index in [1.54, 1.807) is 48.7 Å². The number of carbonyl (C=O) groups excluding carboxylic acids is 4. The van der Waals surface area contributed by atoms with Gasteiger partial charge < -0.3 is 67.8 Å². The molecule has 0 aromatic heterocycles. The van der Waals surface area contributed by atoms with Crippen molar-refractivity contribution in [3.05, 3.63) is 0 Å². The predicted molar refractivity (Wildman–Crippen MR) is 220 cm³/mol. The predicted octanol–water partition coefficient (Wildman–Crippen LogP) is 2.51. The highest BCUT2D eigenvalue weighted by Crippen LogP contribution is 2.43. The van der Waals surface area contributed by atoms with Crippen LogP contribution in [0.3, 0.4) is 0 Å². The minimum atomic E-state index is -1.31. The number of hydrogen-bond acceptors (Lipinski definition) is 18. The van der Waals surface area contributed by atoms with Gasteiger partial charge in [0.2, 0.25) is 0 Å². The van der Waals surface area contributed by atoms with E-state index in [2.05, 4.69) is 5.32 Å². The zero-order valence-corrected chi connectivity index (χ0v) is 38.7. The van der Waals surface area contributed by atoms with Crippen molar-refractivity contribution in [2.45, 2.75) is 186 Å². The van der Waals surface area contributed by atoms with Gasteiger partial charge in [0.05, 0.1) is 43.0 Å². The summed E-state index contributed by atoms with van der Waals surface area (Å²) < 4.78 is 60.9. The molecule has 0 amide bonds. The van der Waals surface area contributed by atoms with Crippen LogP contribution in [-0.4, -0.2) is 173 Å². The molecule has 0 aliphatic carbocycles. The normalized spacial score (nSPS) is 38.5. The van der Waals surface area contributed by atoms with Crippen LogP contribution in [0.4, 0.5) is 0 Å². The molecule has 3 aliphatic heterocycles. The summed E-state index contributed by atoms with van der Waals surface area (Å²) in [5, 5.41) is 27.4. The van der Waals surface area contributed by atoms with Crippen LogP contribution in [0, 0.1) is 17.8 Å². The molecule has 0 unspecified atom stereocenters. The van der Waals surface area contributed by atoms with E-state index in [1.165, 1.54) is 28.3 Å². The molecule has 0 bridgehead atoms. The van der Waals surface area contributed by atoms with Gasteiger partial charge in [0, 0.05) is 66.4 Å². The van der Waals surface area contributed by atoms with Gasteiger partial charge in [0.1, 0.15) is 24.4 Å². The van der Waals surface area contributed by atoms with Crippen LogP contribution < -0.4 is 5.32 Å². The summed E-state index contributed by atoms with van der Waals surface area (Å²) in [6.45, 7) is 14.3. The van der Waals surface area contributed by atoms with Crippen LogP contribution in [-0.2, 0) is 66.5 Å². The van der Waals surface area contributed by atoms with Crippen LogP contribution in [0.1, 0.15) is 100 Å². The zero-order chi connectivity index (χ0) is 45.8. The van der Waals surface area contributed by atoms with Gasteiger partial charge in [0.25, 0.3) is 0 Å². The summed E-state index contributed by atoms with van der Waals surface area (Å²) in [5.74, 6) is -3.83. The van der Waals surface area contributed by atoms with Crippen molar-refractivity contribution in [3.8, 4) is 0 Å². The molecule has 3 rings (SSSR count). The Morgan fingerprint density at radius 3 is 2.16 bits per heavy atom. The molecule has 0 saturated carbocycles. The van der Waals surface area contributed by atoms with Crippen LogP contribution in [0.5, 0.6) is 0 Å². The monoisotopic (exact) mass is 877 g/mol. The quantitative estimate of drug-likeness (QED) is 0.130. The van der Waals surface area contributed by atoms with Crippen LogP contribution in [0.25, 0.3) is 0 Å². The first-order valence-electron chi connectivity index (χ1n) is 21.8. The smallest absolute Gasteiger partial charge is 0.309 e. The highest BCUT2D eigenvalue weighted by molar-refractivity contribution is 5.72. The Kier molecular flexibility index (Phi) is 21.2. The topological polar surface area (TPSA) is 216 Å². The van der Waals surface area contributed by atoms with Gasteiger partial charge >= 0.3 is 23.9 Å². The lowest BCUT2D eigenvalue weighted by atomic mass is 9.70. The Morgan fingerprint density at radius 1 is 0.951 bits per heavy atom. The van der Waals surface area contributed by atoms with Crippen LogP contribution in [0.15, 0.2) is 0 Å². The lowest BCUT2D eigenvalue weighted by molar-refractivity contribution is -0.320. The first-order valence-corrected chi connectivity index (χ1v) is 21.8. The third-order valence-corrected chi connectivity index (χ3v) is 12.3. The summed E-state index contributed by atoms with van der Waals surface area (Å²) in [4.78, 5) is 53.3. The van der Waals surface area contributed by atoms with Crippen molar-refractivity contribution in [1.29, 1.82) is 0 Å². The molecule has 0 aromatic rings. The molecule has 0 aromatic carbocycles. The van der Waals surface area contributed by atoms with Gasteiger partial charge in [-0.05, 0) is 73.0 Å². The van der Waals surface area contributed by atoms with E-state index < -0.39 is 121 Å². The van der Waals surface area contributed by atoms with Gasteiger partial charge in [-0.15, -0.1) is 0 Å². The molecule has 3 heterocycles. The number of esters is 4. The molecule has 61 heavy (non-hydrogen) atoms. The number of cyclic esters (lactones) is 1. The van der Waals surface area contributed by atoms with Crippen LogP contribution >= 0.6 is 0 Å². The van der Waals surface area contributed by atoms with Gasteiger partial charge in [0.15, 0.2) is 24.3 Å². The van der Waals surface area contributed by atoms with E-state index in [0.717, 1.165) is 0 Å². The second-order valence-corrected chi connectivity index (χ2v) is 17.3. The second-order valence-electron chi connectivity index (χ2n) is 17.3. The SMILES string of the molecule is CCC(=O)O[C@@H]1CC(=O)O[C@H](C)CCNC[C@H](O)[C@H](C)C[C@H](CC(OC)OC)[C@H]([C@@H]2O[C@H](C)[C@@H](O[C@H]3C[C@@](C)(OC(C)=O)[C@@H](OC(=O)CC)[C@H](C)O3)[C@H](N(C)C)[C@H]2O)[C@@H]1OC. The molecule has 16 atom stereocenters. The summed E-state index contributed by atoms with van der Waals surface area (Å²) in [7, 11) is 8.09. The van der Waals surface area contributed by atoms with Crippen molar-refractivity contribution in [2.24, 2.45) is 17.8 Å². The first kappa shape index (κ1) is 52.8. The molecule has 0 spiro atoms. The third-order valence-electron chi connectivity index (χ3n) is 12.3. The number of nitrogens with zero attached hydrogens (tertiary/aromatic N) is 1. The average molecular weight is 877 g/mol. The van der Waals surface area contributed by atoms with Gasteiger partial charge in [-0.2, -0.15) is 0 Å². The minimum absolute atomic E-state index is 0.00160. The number of likely N-dealkylation sites (N-methyl/N-ethyl adjacent to an activating group) is 1. The largest absolute Gasteiger partial charge is 0.463 e. The molecule has 3 N–H and O–H groups in total. The van der Waals surface area contributed by atoms with Crippen molar-refractivity contribution in [3.63, 3.8) is 0 Å². The Balaban J connectivity index is 2.17. The second kappa shape index (κ2) is 24.5. The zero-order valence-electron chi connectivity index (χ0n) is 38.7. The lowest BCUT2D eigenvalue weighted by Gasteiger charge is -2.53. The van der Waals surface area contributed by atoms with Crippen molar-refractivity contribution < 1.29 is 76.8 Å². The number of aliphatic hydroxyl groups excluding tert-OH is 2. The minimum Gasteiger partial charge on any atom is -0.463 e. The fourth-order valence-electron chi connectivity index (χ4n) is 9.20. The van der Waals surface area contributed by atoms with E-state index in [4.69, 9.17) is 47.4 Å². The molecule has 0 radical (unpaired) electrons. The Morgan fingerprint density at radius 2 is 1.59 bits per heavy atom. The van der Waals surface area contributed by atoms with Crippen molar-refractivity contribution in [1.82, 2.24) is 10.2 Å². The van der Waals surface area contributed by atoms with Crippen molar-refractivity contribution in [2.75, 3.05) is 48.5 Å². The van der Waals surface area contributed by atoms with Crippen molar-refractivity contribution >= 4 is 23.9 Å². The molecule has 18 heteroatoms. The number of nitrogens with one attached hydrogen (secondary N) is 1. The number of methoxy groups -OCH3 is 3. The molecule has 3 saturated heterocycles. The standard InChI is InChI=1S/C43H76N2O16/c1-14-31(48)58-30-20-33(50)55-24(4)16-17-44-22-29(47)23(3)18-28(19-34(52-11)53-12)36(40(30)54-13)41-38(51)37(45(9)10)39(25(5)57-41)60-35-21-43(8,61-27(7)46)42(26(6)56-35)59-32(49)15-2/h23-26,28-30,34-42,44,47,51H,14-22H2,1-13H3/t23-,24-,25-,26+,28-,29+,30-,35+,36+,37-,38-,39-,40-,41+,42+,43-/m1/s1. The average Bonchev–Trinajstić information content (AvgIpc) is 3.18. The van der Waals surface area contributed by atoms with Gasteiger partial charge in [-0.25, -0.2) is 0 Å². The Bertz CT molecular complexity index is 1390. The summed E-state index contributed by atoms with van der Waals surface area (Å²) >= 11 is 0. The molecule has 3 aliphatic rings. The fourth-order valence-corrected chi connectivity index (χ4v) is 9.20. The highest BCUT2D eigenvalue weighted by atomic mass is 16.7. The molecular formula is C43H76N2O16. The fraction of sp³-hybridized carbons (Fsp3) is 0.907. The molecule has 18 nitrogen and oxygen atoms in total. The maximum absolute atomic E-state index is 13.6. The summed E-state index contributed by atoms with van der Waals surface area (Å²) in [5.41, 5.74) is -1.31. The van der Waals surface area contributed by atoms with Gasteiger partial charge in [-0.3, -0.25) is 19.2 Å². The maximum atomic E-state index is 13.6. The molecule has 354 valence electrons. The number of β-amino-alcohol motifs (C(OH)–C–C–N with tert-alkyl or cyclic N) is 1. The Labute approximate surface area is 362 Å². The van der Waals surface area contributed by atoms with E-state index in [-0.39, 0.29) is 44.6 Å². The van der Waals surface area contributed by atoms with E-state index >= 15 is 0 Å². The highest BCUT2D eigenvalue weighted by Gasteiger charge is 2.56. The number of carbonyl (C=O) groups is 4. The first-order chi connectivity index (χ1) is 28.7.